The van der Waals surface area contributed by atoms with Crippen LogP contribution in [-0.2, 0) is 65.4 Å². The number of ether oxygens (including phenoxy) is 4. The second-order valence-corrected chi connectivity index (χ2v) is 21.1. The fourth-order valence-corrected chi connectivity index (χ4v) is 8.74. The summed E-state index contributed by atoms with van der Waals surface area (Å²) in [7, 11) is -9.82. The van der Waals surface area contributed by atoms with Gasteiger partial charge >= 0.3 is 39.5 Å². The van der Waals surface area contributed by atoms with Gasteiger partial charge in [0.25, 0.3) is 0 Å². The van der Waals surface area contributed by atoms with Crippen molar-refractivity contribution in [2.45, 2.75) is 258 Å². The maximum Gasteiger partial charge on any atom is 0.472 e. The van der Waals surface area contributed by atoms with Gasteiger partial charge in [0, 0.05) is 25.7 Å². The largest absolute Gasteiger partial charge is 0.472 e. The first-order valence-electron chi connectivity index (χ1n) is 26.8. The topological polar surface area (TPSA) is 237 Å². The van der Waals surface area contributed by atoms with Crippen LogP contribution in [0.3, 0.4) is 0 Å². The summed E-state index contributed by atoms with van der Waals surface area (Å²) >= 11 is 0. The van der Waals surface area contributed by atoms with Crippen LogP contribution < -0.4 is 0 Å². The van der Waals surface area contributed by atoms with E-state index in [0.717, 1.165) is 83.5 Å². The summed E-state index contributed by atoms with van der Waals surface area (Å²) in [5, 5.41) is 10.4. The molecule has 0 aliphatic carbocycles. The number of aliphatic hydroxyl groups is 1. The van der Waals surface area contributed by atoms with Crippen molar-refractivity contribution in [1.29, 1.82) is 0 Å². The monoisotopic (exact) mass is 1030 g/mol. The first-order valence-corrected chi connectivity index (χ1v) is 29.8. The standard InChI is InChI=1S/C50H96O17P2/c1-5-9-13-15-17-19-20-21-22-23-24-25-27-29-33-37-50(55)67-46(41-61-48(53)35-31-12-8-4)43-65-69(58,59)63-39-44(51)38-62-68(56,57)64-42-45(40-60-47(52)34-30-11-7-3)66-49(54)36-32-28-26-18-16-14-10-6-2/h44-46,51H,5-43H2,1-4H3,(H,56,57)(H,58,59)/t44-,45+,46+/m0/s1. The quantitative estimate of drug-likeness (QED) is 0.0222. The van der Waals surface area contributed by atoms with E-state index in [9.17, 15) is 43.2 Å². The van der Waals surface area contributed by atoms with Gasteiger partial charge < -0.3 is 33.8 Å². The van der Waals surface area contributed by atoms with Gasteiger partial charge in [-0.25, -0.2) is 9.13 Å². The zero-order valence-corrected chi connectivity index (χ0v) is 45.0. The lowest BCUT2D eigenvalue weighted by molar-refractivity contribution is -0.161. The van der Waals surface area contributed by atoms with Crippen LogP contribution in [0.5, 0.6) is 0 Å². The average Bonchev–Trinajstić information content (AvgIpc) is 3.31. The summed E-state index contributed by atoms with van der Waals surface area (Å²) in [4.78, 5) is 70.5. The van der Waals surface area contributed by atoms with Gasteiger partial charge in [0.05, 0.1) is 26.4 Å². The van der Waals surface area contributed by atoms with Gasteiger partial charge in [-0.15, -0.1) is 0 Å². The van der Waals surface area contributed by atoms with Crippen molar-refractivity contribution in [2.24, 2.45) is 0 Å². The average molecular weight is 1030 g/mol. The molecule has 0 spiro atoms. The molecular weight excluding hydrogens is 934 g/mol. The van der Waals surface area contributed by atoms with Gasteiger partial charge in [0.1, 0.15) is 19.3 Å². The summed E-state index contributed by atoms with van der Waals surface area (Å²) < 4.78 is 66.6. The van der Waals surface area contributed by atoms with E-state index in [-0.39, 0.29) is 25.7 Å². The second kappa shape index (κ2) is 45.9. The van der Waals surface area contributed by atoms with E-state index < -0.39 is 97.5 Å². The number of phosphoric acid groups is 2. The van der Waals surface area contributed by atoms with Crippen LogP contribution in [0.25, 0.3) is 0 Å². The van der Waals surface area contributed by atoms with E-state index in [1.165, 1.54) is 77.0 Å². The highest BCUT2D eigenvalue weighted by Gasteiger charge is 2.30. The fourth-order valence-electron chi connectivity index (χ4n) is 7.16. The van der Waals surface area contributed by atoms with Crippen molar-refractivity contribution < 1.29 is 80.2 Å². The molecule has 19 heteroatoms. The molecule has 0 fully saturated rings. The number of phosphoric ester groups is 2. The minimum Gasteiger partial charge on any atom is -0.462 e. The van der Waals surface area contributed by atoms with Crippen LogP contribution in [0.1, 0.15) is 240 Å². The molecule has 3 N–H and O–H groups in total. The Hall–Kier alpha value is -1.94. The number of hydrogen-bond donors (Lipinski definition) is 3. The van der Waals surface area contributed by atoms with E-state index in [4.69, 9.17) is 37.0 Å². The number of carbonyl (C=O) groups excluding carboxylic acids is 4. The molecule has 69 heavy (non-hydrogen) atoms. The van der Waals surface area contributed by atoms with Crippen molar-refractivity contribution >= 4 is 39.5 Å². The van der Waals surface area contributed by atoms with Crippen LogP contribution in [0, 0.1) is 0 Å². The van der Waals surface area contributed by atoms with Gasteiger partial charge in [-0.3, -0.25) is 37.3 Å². The van der Waals surface area contributed by atoms with E-state index >= 15 is 0 Å². The van der Waals surface area contributed by atoms with Crippen molar-refractivity contribution in [1.82, 2.24) is 0 Å². The summed E-state index contributed by atoms with van der Waals surface area (Å²) in [6.45, 7) is 4.40. The molecule has 5 atom stereocenters. The van der Waals surface area contributed by atoms with Crippen LogP contribution >= 0.6 is 15.6 Å². The van der Waals surface area contributed by atoms with Crippen molar-refractivity contribution in [3.05, 3.63) is 0 Å². The smallest absolute Gasteiger partial charge is 0.462 e. The fraction of sp³-hybridized carbons (Fsp3) is 0.920. The molecule has 0 aliphatic rings. The number of unbranched alkanes of at least 4 members (excludes halogenated alkanes) is 25. The van der Waals surface area contributed by atoms with E-state index in [1.807, 2.05) is 13.8 Å². The lowest BCUT2D eigenvalue weighted by Crippen LogP contribution is -2.30. The Balaban J connectivity index is 4.95. The van der Waals surface area contributed by atoms with Gasteiger partial charge in [-0.2, -0.15) is 0 Å². The summed E-state index contributed by atoms with van der Waals surface area (Å²) in [6, 6.07) is 0. The van der Waals surface area contributed by atoms with Crippen LogP contribution in [-0.4, -0.2) is 96.7 Å². The number of hydrogen-bond acceptors (Lipinski definition) is 15. The first-order chi connectivity index (χ1) is 33.2. The third kappa shape index (κ3) is 45.7. The highest BCUT2D eigenvalue weighted by Crippen LogP contribution is 2.45. The van der Waals surface area contributed by atoms with E-state index in [2.05, 4.69) is 13.8 Å². The van der Waals surface area contributed by atoms with Crippen molar-refractivity contribution in [3.63, 3.8) is 0 Å². The molecule has 0 heterocycles. The van der Waals surface area contributed by atoms with Crippen molar-refractivity contribution in [2.75, 3.05) is 39.6 Å². The molecule has 0 aliphatic heterocycles. The Morgan fingerprint density at radius 1 is 0.348 bits per heavy atom. The first kappa shape index (κ1) is 67.1. The molecule has 0 saturated heterocycles. The molecule has 0 aromatic heterocycles. The molecular formula is C50H96O17P2. The zero-order valence-electron chi connectivity index (χ0n) is 43.3. The lowest BCUT2D eigenvalue weighted by atomic mass is 10.0. The molecule has 0 rings (SSSR count). The molecule has 0 amide bonds. The van der Waals surface area contributed by atoms with Crippen LogP contribution in [0.4, 0.5) is 0 Å². The number of rotatable bonds is 51. The zero-order chi connectivity index (χ0) is 51.3. The molecule has 0 saturated carbocycles. The highest BCUT2D eigenvalue weighted by atomic mass is 31.2. The molecule has 0 bridgehead atoms. The summed E-state index contributed by atoms with van der Waals surface area (Å²) in [5.41, 5.74) is 0. The lowest BCUT2D eigenvalue weighted by Gasteiger charge is -2.21. The Labute approximate surface area is 416 Å². The maximum absolute atomic E-state index is 12.8. The maximum atomic E-state index is 12.8. The highest BCUT2D eigenvalue weighted by molar-refractivity contribution is 7.47. The van der Waals surface area contributed by atoms with Crippen molar-refractivity contribution in [3.8, 4) is 0 Å². The predicted octanol–water partition coefficient (Wildman–Crippen LogP) is 12.5. The summed E-state index contributed by atoms with van der Waals surface area (Å²) in [5.74, 6) is -2.20. The normalized spacial score (nSPS) is 14.6. The predicted molar refractivity (Wildman–Crippen MR) is 266 cm³/mol. The molecule has 0 radical (unpaired) electrons. The molecule has 408 valence electrons. The van der Waals surface area contributed by atoms with Gasteiger partial charge in [0.15, 0.2) is 12.2 Å². The third-order valence-corrected chi connectivity index (χ3v) is 13.3. The van der Waals surface area contributed by atoms with E-state index in [1.54, 1.807) is 0 Å². The Morgan fingerprint density at radius 3 is 0.884 bits per heavy atom. The molecule has 17 nitrogen and oxygen atoms in total. The number of carbonyl (C=O) groups is 4. The van der Waals surface area contributed by atoms with Crippen LogP contribution in [0.15, 0.2) is 0 Å². The Bertz CT molecular complexity index is 1370. The minimum absolute atomic E-state index is 0.103. The SMILES string of the molecule is CCCCCCCCCCCCCCCCCC(=O)O[C@H](COC(=O)CCCCC)COP(=O)(O)OC[C@@H](O)COP(=O)(O)OC[C@@H](COC(=O)CCCCC)OC(=O)CCCCCCCCCC. The van der Waals surface area contributed by atoms with Crippen LogP contribution in [0.2, 0.25) is 0 Å². The van der Waals surface area contributed by atoms with Gasteiger partial charge in [-0.05, 0) is 25.7 Å². The Morgan fingerprint density at radius 2 is 0.580 bits per heavy atom. The molecule has 0 aromatic carbocycles. The number of aliphatic hydroxyl groups excluding tert-OH is 1. The van der Waals surface area contributed by atoms with E-state index in [0.29, 0.717) is 25.7 Å². The Kier molecular flexibility index (Phi) is 44.6. The minimum atomic E-state index is -4.91. The summed E-state index contributed by atoms with van der Waals surface area (Å²) in [6.07, 6.45) is 26.9. The number of esters is 4. The third-order valence-electron chi connectivity index (χ3n) is 11.4. The second-order valence-electron chi connectivity index (χ2n) is 18.2. The molecule has 2 unspecified atom stereocenters. The van der Waals surface area contributed by atoms with Gasteiger partial charge in [0.2, 0.25) is 0 Å². The molecule has 0 aromatic rings. The van der Waals surface area contributed by atoms with Gasteiger partial charge in [-0.1, -0.05) is 188 Å².